The average Bonchev–Trinajstić information content (AvgIpc) is 2.35. The van der Waals surface area contributed by atoms with Crippen molar-refractivity contribution in [1.29, 1.82) is 5.26 Å². The number of nitrogens with one attached hydrogen (secondary N) is 1. The van der Waals surface area contributed by atoms with E-state index < -0.39 is 10.8 Å². The van der Waals surface area contributed by atoms with Crippen LogP contribution >= 0.6 is 11.6 Å². The van der Waals surface area contributed by atoms with Gasteiger partial charge in [0.25, 0.3) is 11.6 Å². The van der Waals surface area contributed by atoms with E-state index in [1.807, 2.05) is 6.07 Å². The van der Waals surface area contributed by atoms with Crippen LogP contribution in [-0.2, 0) is 0 Å². The van der Waals surface area contributed by atoms with Gasteiger partial charge >= 0.3 is 0 Å². The fourth-order valence-corrected chi connectivity index (χ4v) is 1.40. The third-order valence-corrected chi connectivity index (χ3v) is 2.43. The molecule has 1 N–H and O–H groups in total. The van der Waals surface area contributed by atoms with Crippen molar-refractivity contribution in [2.24, 2.45) is 5.92 Å². The zero-order chi connectivity index (χ0) is 13.7. The van der Waals surface area contributed by atoms with E-state index in [2.05, 4.69) is 5.32 Å². The molecule has 0 saturated carbocycles. The standard InChI is InChI=1S/C11H10ClN3O3/c1-7(5-13)6-14-11(16)9-3-2-8(12)4-10(9)15(17)18/h2-4,7H,6H2,1H3,(H,14,16). The van der Waals surface area contributed by atoms with Crippen LogP contribution in [0.2, 0.25) is 5.02 Å². The Morgan fingerprint density at radius 2 is 2.33 bits per heavy atom. The van der Waals surface area contributed by atoms with Gasteiger partial charge in [-0.25, -0.2) is 0 Å². The van der Waals surface area contributed by atoms with Crippen molar-refractivity contribution in [2.75, 3.05) is 6.54 Å². The number of hydrogen-bond acceptors (Lipinski definition) is 4. The fourth-order valence-electron chi connectivity index (χ4n) is 1.23. The summed E-state index contributed by atoms with van der Waals surface area (Å²) in [5.41, 5.74) is -0.431. The van der Waals surface area contributed by atoms with E-state index in [0.717, 1.165) is 6.07 Å². The number of benzene rings is 1. The third-order valence-electron chi connectivity index (χ3n) is 2.19. The lowest BCUT2D eigenvalue weighted by atomic mass is 10.1. The molecular formula is C11H10ClN3O3. The van der Waals surface area contributed by atoms with Gasteiger partial charge in [-0.3, -0.25) is 14.9 Å². The second-order valence-corrected chi connectivity index (χ2v) is 4.10. The molecule has 1 unspecified atom stereocenters. The Morgan fingerprint density at radius 1 is 1.67 bits per heavy atom. The molecule has 0 aromatic heterocycles. The summed E-state index contributed by atoms with van der Waals surface area (Å²) in [5, 5.41) is 22.0. The maximum atomic E-state index is 11.7. The molecule has 0 aliphatic heterocycles. The summed E-state index contributed by atoms with van der Waals surface area (Å²) in [7, 11) is 0. The van der Waals surface area contributed by atoms with Crippen molar-refractivity contribution < 1.29 is 9.72 Å². The van der Waals surface area contributed by atoms with Gasteiger partial charge in [0.15, 0.2) is 0 Å². The summed E-state index contributed by atoms with van der Waals surface area (Å²) in [6, 6.07) is 5.75. The van der Waals surface area contributed by atoms with E-state index in [1.54, 1.807) is 6.92 Å². The number of nitrogens with zero attached hydrogens (tertiary/aromatic N) is 2. The molecular weight excluding hydrogens is 258 g/mol. The molecule has 0 radical (unpaired) electrons. The van der Waals surface area contributed by atoms with Gasteiger partial charge in [-0.1, -0.05) is 11.6 Å². The van der Waals surface area contributed by atoms with E-state index in [0.29, 0.717) is 0 Å². The van der Waals surface area contributed by atoms with Crippen molar-refractivity contribution >= 4 is 23.2 Å². The second kappa shape index (κ2) is 5.98. The number of hydrogen-bond donors (Lipinski definition) is 1. The monoisotopic (exact) mass is 267 g/mol. The number of rotatable bonds is 4. The summed E-state index contributed by atoms with van der Waals surface area (Å²) in [6.45, 7) is 1.77. The van der Waals surface area contributed by atoms with Crippen LogP contribution < -0.4 is 5.32 Å². The van der Waals surface area contributed by atoms with Crippen LogP contribution in [0.4, 0.5) is 5.69 Å². The number of carbonyl (C=O) groups is 1. The van der Waals surface area contributed by atoms with E-state index in [-0.39, 0.29) is 28.7 Å². The molecule has 6 nitrogen and oxygen atoms in total. The molecule has 1 amide bonds. The maximum absolute atomic E-state index is 11.7. The molecule has 0 heterocycles. The van der Waals surface area contributed by atoms with Crippen LogP contribution in [0.5, 0.6) is 0 Å². The number of amides is 1. The molecule has 18 heavy (non-hydrogen) atoms. The average molecular weight is 268 g/mol. The first-order valence-corrected chi connectivity index (χ1v) is 5.45. The first-order valence-electron chi connectivity index (χ1n) is 5.07. The molecule has 1 atom stereocenters. The van der Waals surface area contributed by atoms with Crippen molar-refractivity contribution in [1.82, 2.24) is 5.32 Å². The van der Waals surface area contributed by atoms with Crippen molar-refractivity contribution in [3.05, 3.63) is 38.9 Å². The Bertz CT molecular complexity index is 525. The number of halogens is 1. The predicted octanol–water partition coefficient (Wildman–Crippen LogP) is 2.14. The van der Waals surface area contributed by atoms with Crippen LogP contribution in [-0.4, -0.2) is 17.4 Å². The van der Waals surface area contributed by atoms with E-state index >= 15 is 0 Å². The molecule has 0 bridgehead atoms. The number of nitro benzene ring substituents is 1. The van der Waals surface area contributed by atoms with Gasteiger partial charge in [-0.2, -0.15) is 5.26 Å². The van der Waals surface area contributed by atoms with Gasteiger partial charge in [0, 0.05) is 17.6 Å². The Morgan fingerprint density at radius 3 is 2.89 bits per heavy atom. The van der Waals surface area contributed by atoms with Crippen molar-refractivity contribution in [3.63, 3.8) is 0 Å². The molecule has 7 heteroatoms. The van der Waals surface area contributed by atoms with Gasteiger partial charge in [0.05, 0.1) is 16.9 Å². The van der Waals surface area contributed by atoms with E-state index in [1.165, 1.54) is 12.1 Å². The number of nitro groups is 1. The van der Waals surface area contributed by atoms with Crippen molar-refractivity contribution in [2.45, 2.75) is 6.92 Å². The van der Waals surface area contributed by atoms with Crippen molar-refractivity contribution in [3.8, 4) is 6.07 Å². The summed E-state index contributed by atoms with van der Waals surface area (Å²) >= 11 is 5.64. The topological polar surface area (TPSA) is 96.0 Å². The minimum atomic E-state index is -0.672. The summed E-state index contributed by atoms with van der Waals surface area (Å²) in [5.74, 6) is -0.958. The molecule has 0 saturated heterocycles. The highest BCUT2D eigenvalue weighted by molar-refractivity contribution is 6.31. The molecule has 1 rings (SSSR count). The summed E-state index contributed by atoms with van der Waals surface area (Å²) < 4.78 is 0. The number of nitriles is 1. The summed E-state index contributed by atoms with van der Waals surface area (Å²) in [4.78, 5) is 21.8. The fraction of sp³-hybridized carbons (Fsp3) is 0.273. The maximum Gasteiger partial charge on any atom is 0.283 e. The molecule has 94 valence electrons. The zero-order valence-corrected chi connectivity index (χ0v) is 10.3. The van der Waals surface area contributed by atoms with Crippen LogP contribution in [0.1, 0.15) is 17.3 Å². The first-order chi connectivity index (χ1) is 8.45. The lowest BCUT2D eigenvalue weighted by molar-refractivity contribution is -0.385. The molecule has 0 aliphatic rings. The zero-order valence-electron chi connectivity index (χ0n) is 9.51. The highest BCUT2D eigenvalue weighted by atomic mass is 35.5. The normalized spacial score (nSPS) is 11.4. The smallest absolute Gasteiger partial charge is 0.283 e. The highest BCUT2D eigenvalue weighted by Crippen LogP contribution is 2.23. The summed E-state index contributed by atoms with van der Waals surface area (Å²) in [6.07, 6.45) is 0. The second-order valence-electron chi connectivity index (χ2n) is 3.66. The molecule has 0 aliphatic carbocycles. The highest BCUT2D eigenvalue weighted by Gasteiger charge is 2.20. The van der Waals surface area contributed by atoms with Gasteiger partial charge < -0.3 is 5.32 Å². The minimum absolute atomic E-state index is 0.0745. The Hall–Kier alpha value is -2.13. The Labute approximate surface area is 108 Å². The van der Waals surface area contributed by atoms with Gasteiger partial charge in [0.1, 0.15) is 5.56 Å². The Balaban J connectivity index is 2.92. The minimum Gasteiger partial charge on any atom is -0.351 e. The van der Waals surface area contributed by atoms with Crippen LogP contribution in [0.25, 0.3) is 0 Å². The Kier molecular flexibility index (Phi) is 4.63. The van der Waals surface area contributed by atoms with Crippen LogP contribution in [0.15, 0.2) is 18.2 Å². The van der Waals surface area contributed by atoms with E-state index in [4.69, 9.17) is 16.9 Å². The lowest BCUT2D eigenvalue weighted by Gasteiger charge is -2.06. The number of carbonyl (C=O) groups excluding carboxylic acids is 1. The molecule has 0 fully saturated rings. The van der Waals surface area contributed by atoms with Crippen LogP contribution in [0.3, 0.4) is 0 Å². The molecule has 0 spiro atoms. The predicted molar refractivity (Wildman–Crippen MR) is 65.2 cm³/mol. The van der Waals surface area contributed by atoms with Gasteiger partial charge in [-0.05, 0) is 19.1 Å². The lowest BCUT2D eigenvalue weighted by Crippen LogP contribution is -2.28. The quantitative estimate of drug-likeness (QED) is 0.667. The SMILES string of the molecule is CC(C#N)CNC(=O)c1ccc(Cl)cc1[N+](=O)[O-]. The largest absolute Gasteiger partial charge is 0.351 e. The van der Waals surface area contributed by atoms with Gasteiger partial charge in [-0.15, -0.1) is 0 Å². The van der Waals surface area contributed by atoms with Gasteiger partial charge in [0.2, 0.25) is 0 Å². The molecule has 1 aromatic rings. The third kappa shape index (κ3) is 3.43. The molecule has 1 aromatic carbocycles. The first kappa shape index (κ1) is 13.9. The van der Waals surface area contributed by atoms with E-state index in [9.17, 15) is 14.9 Å². The van der Waals surface area contributed by atoms with Crippen LogP contribution in [0, 0.1) is 27.4 Å².